The number of carbonyl (C=O) groups is 1. The molecule has 2 unspecified atom stereocenters. The summed E-state index contributed by atoms with van der Waals surface area (Å²) in [5, 5.41) is 6.31. The number of hydrogen-bond acceptors (Lipinski definition) is 3. The van der Waals surface area contributed by atoms with Gasteiger partial charge < -0.3 is 15.4 Å². The molecule has 0 aromatic heterocycles. The topological polar surface area (TPSA) is 50.4 Å². The third kappa shape index (κ3) is 4.04. The zero-order valence-electron chi connectivity index (χ0n) is 11.6. The molecule has 0 aliphatic carbocycles. The Morgan fingerprint density at radius 3 is 2.89 bits per heavy atom. The van der Waals surface area contributed by atoms with E-state index in [1.165, 1.54) is 6.92 Å². The standard InChI is InChI=1S/C15H22N2O2/c1-11-13(7-8-19-11)9-16-10-14-5-3-4-6-15(14)17-12(2)18/h3-6,11,13,16H,7-10H2,1-2H3,(H,17,18). The highest BCUT2D eigenvalue weighted by Gasteiger charge is 2.23. The van der Waals surface area contributed by atoms with Gasteiger partial charge in [-0.3, -0.25) is 4.79 Å². The normalized spacial score (nSPS) is 22.4. The smallest absolute Gasteiger partial charge is 0.221 e. The Morgan fingerprint density at radius 2 is 2.21 bits per heavy atom. The molecule has 19 heavy (non-hydrogen) atoms. The lowest BCUT2D eigenvalue weighted by Gasteiger charge is -2.16. The molecule has 1 saturated heterocycles. The quantitative estimate of drug-likeness (QED) is 0.855. The lowest BCUT2D eigenvalue weighted by atomic mass is 10.0. The number of amides is 1. The molecule has 2 N–H and O–H groups in total. The number of para-hydroxylation sites is 1. The van der Waals surface area contributed by atoms with Gasteiger partial charge in [-0.25, -0.2) is 0 Å². The number of hydrogen-bond donors (Lipinski definition) is 2. The molecule has 1 aromatic rings. The molecular weight excluding hydrogens is 240 g/mol. The average Bonchev–Trinajstić information content (AvgIpc) is 2.77. The second-order valence-corrected chi connectivity index (χ2v) is 5.09. The van der Waals surface area contributed by atoms with E-state index in [1.54, 1.807) is 0 Å². The highest BCUT2D eigenvalue weighted by atomic mass is 16.5. The van der Waals surface area contributed by atoms with Crippen LogP contribution < -0.4 is 10.6 Å². The maximum absolute atomic E-state index is 11.1. The van der Waals surface area contributed by atoms with Gasteiger partial charge >= 0.3 is 0 Å². The van der Waals surface area contributed by atoms with Gasteiger partial charge in [0.15, 0.2) is 0 Å². The Kier molecular flexibility index (Phi) is 4.93. The summed E-state index contributed by atoms with van der Waals surface area (Å²) < 4.78 is 5.55. The van der Waals surface area contributed by atoms with Gasteiger partial charge in [0.25, 0.3) is 0 Å². The molecule has 0 radical (unpaired) electrons. The summed E-state index contributed by atoms with van der Waals surface area (Å²) in [7, 11) is 0. The number of ether oxygens (including phenoxy) is 1. The van der Waals surface area contributed by atoms with Crippen molar-refractivity contribution in [3.05, 3.63) is 29.8 Å². The Balaban J connectivity index is 1.86. The summed E-state index contributed by atoms with van der Waals surface area (Å²) in [6, 6.07) is 7.89. The van der Waals surface area contributed by atoms with Crippen LogP contribution in [-0.2, 0) is 16.1 Å². The van der Waals surface area contributed by atoms with Gasteiger partial charge in [-0.2, -0.15) is 0 Å². The van der Waals surface area contributed by atoms with Crippen LogP contribution in [0.5, 0.6) is 0 Å². The predicted octanol–water partition coefficient (Wildman–Crippen LogP) is 2.16. The van der Waals surface area contributed by atoms with E-state index in [-0.39, 0.29) is 5.91 Å². The Labute approximate surface area is 114 Å². The molecule has 104 valence electrons. The highest BCUT2D eigenvalue weighted by Crippen LogP contribution is 2.20. The lowest BCUT2D eigenvalue weighted by Crippen LogP contribution is -2.27. The largest absolute Gasteiger partial charge is 0.378 e. The van der Waals surface area contributed by atoms with Crippen molar-refractivity contribution < 1.29 is 9.53 Å². The molecule has 1 aromatic carbocycles. The highest BCUT2D eigenvalue weighted by molar-refractivity contribution is 5.89. The van der Waals surface area contributed by atoms with Crippen LogP contribution in [0.1, 0.15) is 25.8 Å². The monoisotopic (exact) mass is 262 g/mol. The van der Waals surface area contributed by atoms with E-state index in [0.29, 0.717) is 12.0 Å². The minimum Gasteiger partial charge on any atom is -0.378 e. The molecule has 1 aliphatic heterocycles. The fourth-order valence-electron chi connectivity index (χ4n) is 2.42. The van der Waals surface area contributed by atoms with Crippen LogP contribution in [0.2, 0.25) is 0 Å². The van der Waals surface area contributed by atoms with Crippen LogP contribution in [0, 0.1) is 5.92 Å². The molecule has 1 aliphatic rings. The second kappa shape index (κ2) is 6.68. The van der Waals surface area contributed by atoms with Gasteiger partial charge in [0, 0.05) is 32.3 Å². The molecule has 2 atom stereocenters. The van der Waals surface area contributed by atoms with E-state index in [1.807, 2.05) is 24.3 Å². The number of nitrogens with one attached hydrogen (secondary N) is 2. The number of carbonyl (C=O) groups excluding carboxylic acids is 1. The fraction of sp³-hybridized carbons (Fsp3) is 0.533. The molecule has 1 heterocycles. The average molecular weight is 262 g/mol. The van der Waals surface area contributed by atoms with E-state index >= 15 is 0 Å². The van der Waals surface area contributed by atoms with Gasteiger partial charge in [0.1, 0.15) is 0 Å². The molecule has 4 heteroatoms. The Morgan fingerprint density at radius 1 is 1.42 bits per heavy atom. The van der Waals surface area contributed by atoms with E-state index in [2.05, 4.69) is 17.6 Å². The maximum Gasteiger partial charge on any atom is 0.221 e. The third-order valence-corrected chi connectivity index (χ3v) is 3.58. The minimum absolute atomic E-state index is 0.0368. The second-order valence-electron chi connectivity index (χ2n) is 5.09. The van der Waals surface area contributed by atoms with E-state index in [4.69, 9.17) is 4.74 Å². The minimum atomic E-state index is -0.0368. The van der Waals surface area contributed by atoms with Crippen molar-refractivity contribution in [2.75, 3.05) is 18.5 Å². The Hall–Kier alpha value is -1.39. The molecule has 0 spiro atoms. The van der Waals surface area contributed by atoms with Crippen molar-refractivity contribution in [1.29, 1.82) is 0 Å². The first kappa shape index (κ1) is 14.0. The van der Waals surface area contributed by atoms with Crippen LogP contribution in [0.15, 0.2) is 24.3 Å². The summed E-state index contributed by atoms with van der Waals surface area (Å²) in [6.07, 6.45) is 1.47. The SMILES string of the molecule is CC(=O)Nc1ccccc1CNCC1CCOC1C. The van der Waals surface area contributed by atoms with Crippen molar-refractivity contribution in [3.8, 4) is 0 Å². The molecule has 0 saturated carbocycles. The van der Waals surface area contributed by atoms with Crippen LogP contribution in [0.3, 0.4) is 0 Å². The van der Waals surface area contributed by atoms with Gasteiger partial charge in [-0.15, -0.1) is 0 Å². The number of rotatable bonds is 5. The molecule has 2 rings (SSSR count). The van der Waals surface area contributed by atoms with E-state index < -0.39 is 0 Å². The van der Waals surface area contributed by atoms with E-state index in [9.17, 15) is 4.79 Å². The number of anilines is 1. The summed E-state index contributed by atoms with van der Waals surface area (Å²) in [5.74, 6) is 0.554. The van der Waals surface area contributed by atoms with Crippen molar-refractivity contribution in [3.63, 3.8) is 0 Å². The van der Waals surface area contributed by atoms with E-state index in [0.717, 1.165) is 37.4 Å². The number of benzene rings is 1. The first-order valence-corrected chi connectivity index (χ1v) is 6.84. The summed E-state index contributed by atoms with van der Waals surface area (Å²) in [4.78, 5) is 11.1. The lowest BCUT2D eigenvalue weighted by molar-refractivity contribution is -0.114. The van der Waals surface area contributed by atoms with Gasteiger partial charge in [-0.1, -0.05) is 18.2 Å². The third-order valence-electron chi connectivity index (χ3n) is 3.58. The van der Waals surface area contributed by atoms with Crippen molar-refractivity contribution >= 4 is 11.6 Å². The zero-order valence-corrected chi connectivity index (χ0v) is 11.6. The van der Waals surface area contributed by atoms with Crippen molar-refractivity contribution in [1.82, 2.24) is 5.32 Å². The van der Waals surface area contributed by atoms with Crippen LogP contribution in [0.4, 0.5) is 5.69 Å². The predicted molar refractivity (Wildman–Crippen MR) is 76.0 cm³/mol. The zero-order chi connectivity index (χ0) is 13.7. The summed E-state index contributed by atoms with van der Waals surface area (Å²) in [6.45, 7) is 6.25. The maximum atomic E-state index is 11.1. The molecule has 1 fully saturated rings. The van der Waals surface area contributed by atoms with Crippen LogP contribution in [0.25, 0.3) is 0 Å². The first-order chi connectivity index (χ1) is 9.16. The summed E-state index contributed by atoms with van der Waals surface area (Å²) >= 11 is 0. The first-order valence-electron chi connectivity index (χ1n) is 6.84. The van der Waals surface area contributed by atoms with Crippen LogP contribution in [-0.4, -0.2) is 25.2 Å². The Bertz CT molecular complexity index is 434. The fourth-order valence-corrected chi connectivity index (χ4v) is 2.42. The van der Waals surface area contributed by atoms with Crippen molar-refractivity contribution in [2.24, 2.45) is 5.92 Å². The van der Waals surface area contributed by atoms with Gasteiger partial charge in [-0.05, 0) is 30.9 Å². The molecular formula is C15H22N2O2. The molecule has 4 nitrogen and oxygen atoms in total. The molecule has 1 amide bonds. The van der Waals surface area contributed by atoms with Crippen LogP contribution >= 0.6 is 0 Å². The molecule has 0 bridgehead atoms. The van der Waals surface area contributed by atoms with Crippen molar-refractivity contribution in [2.45, 2.75) is 32.9 Å². The van der Waals surface area contributed by atoms with Gasteiger partial charge in [0.05, 0.1) is 6.10 Å². The summed E-state index contributed by atoms with van der Waals surface area (Å²) in [5.41, 5.74) is 2.00. The van der Waals surface area contributed by atoms with Gasteiger partial charge in [0.2, 0.25) is 5.91 Å².